The van der Waals surface area contributed by atoms with Crippen molar-refractivity contribution in [2.24, 2.45) is 5.92 Å². The molecule has 2 aromatic carbocycles. The Hall–Kier alpha value is -2.53. The Labute approximate surface area is 173 Å². The van der Waals surface area contributed by atoms with Gasteiger partial charge in [-0.15, -0.1) is 0 Å². The molecule has 2 saturated heterocycles. The first kappa shape index (κ1) is 19.8. The Morgan fingerprint density at radius 2 is 1.76 bits per heavy atom. The van der Waals surface area contributed by atoms with Crippen LogP contribution in [-0.2, 0) is 11.2 Å². The number of methoxy groups -OCH3 is 1. The Kier molecular flexibility index (Phi) is 6.35. The van der Waals surface area contributed by atoms with Crippen LogP contribution in [0.5, 0.6) is 5.75 Å². The summed E-state index contributed by atoms with van der Waals surface area (Å²) in [5, 5.41) is 0. The van der Waals surface area contributed by atoms with Crippen LogP contribution in [0.15, 0.2) is 54.6 Å². The lowest BCUT2D eigenvalue weighted by Crippen LogP contribution is -2.36. The molecule has 5 heteroatoms. The minimum atomic E-state index is -0.277. The number of amides is 1. The van der Waals surface area contributed by atoms with E-state index in [1.165, 1.54) is 24.8 Å². The highest BCUT2D eigenvalue weighted by atomic mass is 16.6. The molecular formula is C24H30N2O3. The van der Waals surface area contributed by atoms with Gasteiger partial charge < -0.3 is 14.4 Å². The summed E-state index contributed by atoms with van der Waals surface area (Å²) in [4.78, 5) is 16.6. The Bertz CT molecular complexity index is 803. The molecular weight excluding hydrogens is 364 g/mol. The number of cyclic esters (lactones) is 1. The largest absolute Gasteiger partial charge is 0.495 e. The van der Waals surface area contributed by atoms with Crippen LogP contribution in [0.3, 0.4) is 0 Å². The third-order valence-corrected chi connectivity index (χ3v) is 6.09. The van der Waals surface area contributed by atoms with Crippen molar-refractivity contribution in [1.29, 1.82) is 0 Å². The van der Waals surface area contributed by atoms with Gasteiger partial charge in [-0.3, -0.25) is 4.90 Å². The van der Waals surface area contributed by atoms with Crippen molar-refractivity contribution >= 4 is 11.8 Å². The third-order valence-electron chi connectivity index (χ3n) is 6.09. The van der Waals surface area contributed by atoms with E-state index in [9.17, 15) is 4.79 Å². The topological polar surface area (TPSA) is 42.0 Å². The number of carbonyl (C=O) groups is 1. The van der Waals surface area contributed by atoms with Gasteiger partial charge in [-0.25, -0.2) is 4.79 Å². The molecule has 0 radical (unpaired) electrons. The minimum Gasteiger partial charge on any atom is -0.495 e. The minimum absolute atomic E-state index is 0.0607. The maximum Gasteiger partial charge on any atom is 0.414 e. The van der Waals surface area contributed by atoms with E-state index < -0.39 is 0 Å². The molecule has 154 valence electrons. The number of para-hydroxylation sites is 2. The van der Waals surface area contributed by atoms with Gasteiger partial charge in [-0.2, -0.15) is 0 Å². The van der Waals surface area contributed by atoms with Gasteiger partial charge in [0, 0.05) is 6.54 Å². The summed E-state index contributed by atoms with van der Waals surface area (Å²) in [5.74, 6) is 1.48. The predicted octanol–water partition coefficient (Wildman–Crippen LogP) is 4.37. The number of nitrogens with zero attached hydrogens (tertiary/aromatic N) is 2. The number of benzene rings is 2. The summed E-state index contributed by atoms with van der Waals surface area (Å²) in [6.45, 7) is 3.84. The molecule has 0 aromatic heterocycles. The molecule has 0 spiro atoms. The van der Waals surface area contributed by atoms with Crippen molar-refractivity contribution in [3.05, 3.63) is 60.2 Å². The fourth-order valence-corrected chi connectivity index (χ4v) is 4.41. The average Bonchev–Trinajstić information content (AvgIpc) is 3.14. The van der Waals surface area contributed by atoms with E-state index in [-0.39, 0.29) is 12.2 Å². The average molecular weight is 395 g/mol. The highest BCUT2D eigenvalue weighted by Crippen LogP contribution is 2.31. The number of carbonyl (C=O) groups excluding carboxylic acids is 1. The third kappa shape index (κ3) is 4.91. The summed E-state index contributed by atoms with van der Waals surface area (Å²) in [5.41, 5.74) is 2.23. The zero-order valence-corrected chi connectivity index (χ0v) is 17.1. The van der Waals surface area contributed by atoms with Crippen molar-refractivity contribution in [2.45, 2.75) is 31.8 Å². The van der Waals surface area contributed by atoms with E-state index >= 15 is 0 Å². The zero-order chi connectivity index (χ0) is 20.1. The molecule has 29 heavy (non-hydrogen) atoms. The zero-order valence-electron chi connectivity index (χ0n) is 17.1. The number of rotatable bonds is 7. The molecule has 2 aliphatic heterocycles. The van der Waals surface area contributed by atoms with Gasteiger partial charge in [-0.1, -0.05) is 42.5 Å². The normalized spacial score (nSPS) is 20.7. The SMILES string of the molecule is COc1ccccc1N1CC(CCN2CCC(Cc3ccccc3)CC2)OC1=O. The molecule has 2 fully saturated rings. The Balaban J connectivity index is 1.23. The molecule has 1 unspecified atom stereocenters. The van der Waals surface area contributed by atoms with Crippen LogP contribution >= 0.6 is 0 Å². The number of hydrogen-bond acceptors (Lipinski definition) is 4. The van der Waals surface area contributed by atoms with Crippen molar-refractivity contribution in [1.82, 2.24) is 4.90 Å². The van der Waals surface area contributed by atoms with Gasteiger partial charge in [0.25, 0.3) is 0 Å². The number of likely N-dealkylation sites (tertiary alicyclic amines) is 1. The van der Waals surface area contributed by atoms with Crippen LogP contribution in [0.1, 0.15) is 24.8 Å². The van der Waals surface area contributed by atoms with E-state index in [2.05, 4.69) is 35.2 Å². The van der Waals surface area contributed by atoms with Crippen molar-refractivity contribution < 1.29 is 14.3 Å². The fourth-order valence-electron chi connectivity index (χ4n) is 4.41. The van der Waals surface area contributed by atoms with Gasteiger partial charge >= 0.3 is 6.09 Å². The molecule has 0 aliphatic carbocycles. The molecule has 0 saturated carbocycles. The molecule has 5 nitrogen and oxygen atoms in total. The maximum absolute atomic E-state index is 12.4. The highest BCUT2D eigenvalue weighted by molar-refractivity contribution is 5.91. The van der Waals surface area contributed by atoms with E-state index in [1.54, 1.807) is 12.0 Å². The number of anilines is 1. The number of hydrogen-bond donors (Lipinski definition) is 0. The lowest BCUT2D eigenvalue weighted by molar-refractivity contribution is 0.116. The van der Waals surface area contributed by atoms with Crippen LogP contribution in [0, 0.1) is 5.92 Å². The van der Waals surface area contributed by atoms with Crippen LogP contribution in [0.25, 0.3) is 0 Å². The molecule has 2 aliphatic rings. The first-order valence-corrected chi connectivity index (χ1v) is 10.6. The van der Waals surface area contributed by atoms with Gasteiger partial charge in [0.1, 0.15) is 11.9 Å². The lowest BCUT2D eigenvalue weighted by atomic mass is 9.90. The van der Waals surface area contributed by atoms with Crippen molar-refractivity contribution in [3.8, 4) is 5.75 Å². The highest BCUT2D eigenvalue weighted by Gasteiger charge is 2.34. The second kappa shape index (κ2) is 9.31. The van der Waals surface area contributed by atoms with Gasteiger partial charge in [0.05, 0.1) is 19.3 Å². The number of piperidine rings is 1. The van der Waals surface area contributed by atoms with Gasteiger partial charge in [0.15, 0.2) is 0 Å². The molecule has 1 atom stereocenters. The summed E-state index contributed by atoms with van der Waals surface area (Å²) < 4.78 is 11.0. The predicted molar refractivity (Wildman–Crippen MR) is 115 cm³/mol. The smallest absolute Gasteiger partial charge is 0.414 e. The van der Waals surface area contributed by atoms with E-state index in [0.717, 1.165) is 37.7 Å². The summed E-state index contributed by atoms with van der Waals surface area (Å²) in [6, 6.07) is 18.4. The second-order valence-corrected chi connectivity index (χ2v) is 8.05. The van der Waals surface area contributed by atoms with Crippen LogP contribution in [0.2, 0.25) is 0 Å². The fraction of sp³-hybridized carbons (Fsp3) is 0.458. The van der Waals surface area contributed by atoms with Crippen LogP contribution in [-0.4, -0.2) is 50.4 Å². The van der Waals surface area contributed by atoms with Gasteiger partial charge in [0.2, 0.25) is 0 Å². The Morgan fingerprint density at radius 3 is 2.52 bits per heavy atom. The van der Waals surface area contributed by atoms with Gasteiger partial charge in [-0.05, 0) is 62.4 Å². The first-order chi connectivity index (χ1) is 14.2. The van der Waals surface area contributed by atoms with Crippen LogP contribution < -0.4 is 9.64 Å². The first-order valence-electron chi connectivity index (χ1n) is 10.6. The molecule has 2 aromatic rings. The molecule has 2 heterocycles. The monoisotopic (exact) mass is 394 g/mol. The molecule has 4 rings (SSSR count). The number of ether oxygens (including phenoxy) is 2. The summed E-state index contributed by atoms with van der Waals surface area (Å²) in [7, 11) is 1.62. The molecule has 0 bridgehead atoms. The van der Waals surface area contributed by atoms with Crippen LogP contribution in [0.4, 0.5) is 10.5 Å². The van der Waals surface area contributed by atoms with E-state index in [4.69, 9.17) is 9.47 Å². The maximum atomic E-state index is 12.4. The standard InChI is InChI=1S/C24H30N2O3/c1-28-23-10-6-5-9-22(23)26-18-21(29-24(26)27)13-16-25-14-11-20(12-15-25)17-19-7-3-2-4-8-19/h2-10,20-21H,11-18H2,1H3. The van der Waals surface area contributed by atoms with E-state index in [1.807, 2.05) is 24.3 Å². The molecule has 1 amide bonds. The van der Waals surface area contributed by atoms with Crippen molar-refractivity contribution in [3.63, 3.8) is 0 Å². The lowest BCUT2D eigenvalue weighted by Gasteiger charge is -2.32. The quantitative estimate of drug-likeness (QED) is 0.700. The summed E-state index contributed by atoms with van der Waals surface area (Å²) >= 11 is 0. The summed E-state index contributed by atoms with van der Waals surface area (Å²) in [6.07, 6.45) is 4.21. The van der Waals surface area contributed by atoms with Crippen molar-refractivity contribution in [2.75, 3.05) is 38.2 Å². The Morgan fingerprint density at radius 1 is 1.03 bits per heavy atom. The second-order valence-electron chi connectivity index (χ2n) is 8.05. The molecule has 0 N–H and O–H groups in total. The van der Waals surface area contributed by atoms with E-state index in [0.29, 0.717) is 12.3 Å².